The van der Waals surface area contributed by atoms with Gasteiger partial charge in [0.2, 0.25) is 0 Å². The van der Waals surface area contributed by atoms with Gasteiger partial charge in [0.25, 0.3) is 0 Å². The number of benzene rings is 1. The van der Waals surface area contributed by atoms with Gasteiger partial charge in [-0.15, -0.1) is 0 Å². The summed E-state index contributed by atoms with van der Waals surface area (Å²) in [6, 6.07) is 3.70. The molecule has 0 unspecified atom stereocenters. The summed E-state index contributed by atoms with van der Waals surface area (Å²) in [5, 5.41) is 0. The van der Waals surface area contributed by atoms with Crippen LogP contribution in [-0.2, 0) is 16.4 Å². The zero-order chi connectivity index (χ0) is 19.8. The molecule has 3 aliphatic rings. The van der Waals surface area contributed by atoms with Crippen LogP contribution < -0.4 is 4.52 Å². The molecule has 4 rings (SSSR count). The molecule has 5 heteroatoms. The van der Waals surface area contributed by atoms with E-state index in [0.29, 0.717) is 22.5 Å². The van der Waals surface area contributed by atoms with Crippen molar-refractivity contribution in [3.8, 4) is 5.75 Å². The van der Waals surface area contributed by atoms with Crippen LogP contribution in [0.4, 0.5) is 0 Å². The van der Waals surface area contributed by atoms with Crippen molar-refractivity contribution in [2.45, 2.75) is 78.6 Å². The fourth-order valence-electron chi connectivity index (χ4n) is 7.62. The third-order valence-corrected chi connectivity index (χ3v) is 8.85. The van der Waals surface area contributed by atoms with Crippen LogP contribution in [0.2, 0.25) is 0 Å². The van der Waals surface area contributed by atoms with Gasteiger partial charge < -0.3 is 4.52 Å². The molecule has 27 heavy (non-hydrogen) atoms. The second-order valence-corrected chi connectivity index (χ2v) is 11.6. The molecule has 0 heterocycles. The molecule has 2 N–H and O–H groups in total. The SMILES string of the molecule is Cc1cc(OP(=O)(O)O)cc2c1[C@@]1(C)CC[C@H]3C(C)(C)CCC[C@]3(C)[C@H]1C2. The number of phosphoric ester groups is 1. The predicted octanol–water partition coefficient (Wildman–Crippen LogP) is 5.52. The van der Waals surface area contributed by atoms with E-state index in [1.54, 1.807) is 0 Å². The van der Waals surface area contributed by atoms with Crippen LogP contribution in [0, 0.1) is 29.6 Å². The van der Waals surface area contributed by atoms with Gasteiger partial charge in [-0.3, -0.25) is 9.79 Å². The third-order valence-electron chi connectivity index (χ3n) is 8.40. The van der Waals surface area contributed by atoms with Gasteiger partial charge in [0.15, 0.2) is 0 Å². The van der Waals surface area contributed by atoms with Gasteiger partial charge >= 0.3 is 7.82 Å². The average Bonchev–Trinajstić information content (AvgIpc) is 2.79. The Kier molecular flexibility index (Phi) is 4.22. The minimum absolute atomic E-state index is 0.152. The molecule has 3 aliphatic carbocycles. The predicted molar refractivity (Wildman–Crippen MR) is 107 cm³/mol. The van der Waals surface area contributed by atoms with Gasteiger partial charge in [0.05, 0.1) is 0 Å². The lowest BCUT2D eigenvalue weighted by atomic mass is 9.43. The van der Waals surface area contributed by atoms with E-state index in [1.807, 2.05) is 12.1 Å². The molecule has 0 aliphatic heterocycles. The summed E-state index contributed by atoms with van der Waals surface area (Å²) in [5.74, 6) is 1.63. The highest BCUT2D eigenvalue weighted by Crippen LogP contribution is 2.68. The zero-order valence-corrected chi connectivity index (χ0v) is 18.1. The lowest BCUT2D eigenvalue weighted by molar-refractivity contribution is -0.0983. The second kappa shape index (κ2) is 5.84. The highest BCUT2D eigenvalue weighted by molar-refractivity contribution is 7.46. The van der Waals surface area contributed by atoms with Crippen molar-refractivity contribution in [2.75, 3.05) is 0 Å². The monoisotopic (exact) mass is 392 g/mol. The number of phosphoric acid groups is 1. The van der Waals surface area contributed by atoms with Crippen LogP contribution in [0.15, 0.2) is 12.1 Å². The fourth-order valence-corrected chi connectivity index (χ4v) is 8.00. The molecule has 150 valence electrons. The van der Waals surface area contributed by atoms with Crippen LogP contribution in [0.3, 0.4) is 0 Å². The number of hydrogen-bond donors (Lipinski definition) is 2. The smallest absolute Gasteiger partial charge is 0.404 e. The topological polar surface area (TPSA) is 66.8 Å². The average molecular weight is 392 g/mol. The molecular weight excluding hydrogens is 359 g/mol. The summed E-state index contributed by atoms with van der Waals surface area (Å²) in [5.41, 5.74) is 4.62. The van der Waals surface area contributed by atoms with Crippen molar-refractivity contribution in [1.82, 2.24) is 0 Å². The molecule has 0 radical (unpaired) electrons. The van der Waals surface area contributed by atoms with E-state index in [4.69, 9.17) is 4.52 Å². The van der Waals surface area contributed by atoms with E-state index in [1.165, 1.54) is 43.2 Å². The van der Waals surface area contributed by atoms with Crippen LogP contribution in [0.1, 0.15) is 76.5 Å². The molecule has 1 aromatic carbocycles. The summed E-state index contributed by atoms with van der Waals surface area (Å²) in [4.78, 5) is 18.4. The fraction of sp³-hybridized carbons (Fsp3) is 0.727. The first-order valence-corrected chi connectivity index (χ1v) is 11.8. The first kappa shape index (κ1) is 19.5. The lowest BCUT2D eigenvalue weighted by Gasteiger charge is -2.61. The molecule has 2 fully saturated rings. The molecule has 0 bridgehead atoms. The van der Waals surface area contributed by atoms with E-state index in [2.05, 4.69) is 34.6 Å². The Bertz CT molecular complexity index is 826. The van der Waals surface area contributed by atoms with Gasteiger partial charge in [-0.25, -0.2) is 4.57 Å². The summed E-state index contributed by atoms with van der Waals surface area (Å²) in [7, 11) is -4.54. The van der Waals surface area contributed by atoms with Crippen LogP contribution in [-0.4, -0.2) is 9.79 Å². The summed E-state index contributed by atoms with van der Waals surface area (Å²) in [6.07, 6.45) is 7.38. The standard InChI is InChI=1S/C22H33O4P/c1-14-11-16(26-27(23,24)25)12-15-13-18-21(4)9-6-8-20(2,3)17(21)7-10-22(18,5)19(14)15/h11-12,17-18H,6-10,13H2,1-5H3,(H2,23,24,25)/t17-,18+,21-,22-/m0/s1. The van der Waals surface area contributed by atoms with Crippen molar-refractivity contribution >= 4 is 7.82 Å². The third kappa shape index (κ3) is 2.91. The number of fused-ring (bicyclic) bond motifs is 5. The molecule has 0 amide bonds. The van der Waals surface area contributed by atoms with Crippen LogP contribution in [0.25, 0.3) is 0 Å². The zero-order valence-electron chi connectivity index (χ0n) is 17.2. The van der Waals surface area contributed by atoms with Crippen LogP contribution >= 0.6 is 7.82 Å². The van der Waals surface area contributed by atoms with Gasteiger partial charge in [-0.1, -0.05) is 34.1 Å². The number of hydrogen-bond acceptors (Lipinski definition) is 2. The summed E-state index contributed by atoms with van der Waals surface area (Å²) >= 11 is 0. The Hall–Kier alpha value is -0.830. The molecule has 0 saturated heterocycles. The van der Waals surface area contributed by atoms with Crippen molar-refractivity contribution in [2.24, 2.45) is 22.7 Å². The molecule has 0 spiro atoms. The molecular formula is C22H33O4P. The maximum atomic E-state index is 11.3. The van der Waals surface area contributed by atoms with E-state index in [0.717, 1.165) is 17.9 Å². The highest BCUT2D eigenvalue weighted by atomic mass is 31.2. The van der Waals surface area contributed by atoms with Gasteiger partial charge in [-0.2, -0.15) is 0 Å². The Balaban J connectivity index is 1.77. The van der Waals surface area contributed by atoms with E-state index in [-0.39, 0.29) is 5.41 Å². The Morgan fingerprint density at radius 1 is 1.07 bits per heavy atom. The van der Waals surface area contributed by atoms with Gasteiger partial charge in [0.1, 0.15) is 5.75 Å². The molecule has 4 atom stereocenters. The Morgan fingerprint density at radius 2 is 1.78 bits per heavy atom. The van der Waals surface area contributed by atoms with E-state index < -0.39 is 7.82 Å². The molecule has 4 nitrogen and oxygen atoms in total. The first-order valence-electron chi connectivity index (χ1n) is 10.3. The summed E-state index contributed by atoms with van der Waals surface area (Å²) < 4.78 is 16.2. The minimum atomic E-state index is -4.54. The largest absolute Gasteiger partial charge is 0.524 e. The quantitative estimate of drug-likeness (QED) is 0.650. The van der Waals surface area contributed by atoms with E-state index >= 15 is 0 Å². The first-order chi connectivity index (χ1) is 12.4. The number of aryl methyl sites for hydroxylation is 1. The minimum Gasteiger partial charge on any atom is -0.404 e. The second-order valence-electron chi connectivity index (χ2n) is 10.5. The van der Waals surface area contributed by atoms with Crippen molar-refractivity contribution in [3.05, 3.63) is 28.8 Å². The normalized spacial score (nSPS) is 37.3. The summed E-state index contributed by atoms with van der Waals surface area (Å²) in [6.45, 7) is 11.9. The van der Waals surface area contributed by atoms with Gasteiger partial charge in [-0.05, 0) is 95.9 Å². The van der Waals surface area contributed by atoms with Crippen molar-refractivity contribution in [3.63, 3.8) is 0 Å². The Labute approximate surface area is 163 Å². The lowest BCUT2D eigenvalue weighted by Crippen LogP contribution is -2.55. The Morgan fingerprint density at radius 3 is 2.44 bits per heavy atom. The maximum absolute atomic E-state index is 11.3. The van der Waals surface area contributed by atoms with Gasteiger partial charge in [0, 0.05) is 0 Å². The maximum Gasteiger partial charge on any atom is 0.524 e. The molecule has 2 saturated carbocycles. The van der Waals surface area contributed by atoms with Crippen molar-refractivity contribution < 1.29 is 18.9 Å². The molecule has 1 aromatic rings. The molecule has 0 aromatic heterocycles. The van der Waals surface area contributed by atoms with E-state index in [9.17, 15) is 14.4 Å². The number of rotatable bonds is 2. The van der Waals surface area contributed by atoms with Crippen LogP contribution in [0.5, 0.6) is 5.75 Å². The van der Waals surface area contributed by atoms with Crippen molar-refractivity contribution in [1.29, 1.82) is 0 Å². The highest BCUT2D eigenvalue weighted by Gasteiger charge is 2.61.